The van der Waals surface area contributed by atoms with Crippen LogP contribution in [0.2, 0.25) is 10.9 Å². The van der Waals surface area contributed by atoms with Gasteiger partial charge in [0.05, 0.1) is 11.1 Å². The molecule has 0 spiro atoms. The SMILES string of the molecule is CC(=O)CC(C)=O.CCC(I)I.CCCI.[2H]N([2H])C(=O)N([2H])[2H].[2H]OCC.[2H]Oc1nc(C([2H])([2H])[2H])c([2H])c(C([2H])([2H])[2H])n1.[2H]c1c(C([2H])([2H])[2H])nc(Cl)nc1C([2H])([2H])[2H]. The van der Waals surface area contributed by atoms with Gasteiger partial charge in [-0.2, -0.15) is 0 Å². The molecule has 41 heavy (non-hydrogen) atoms. The molecule has 2 aromatic heterocycles. The number of aliphatic hydroxyl groups excluding tert-OH is 1. The standard InChI is InChI=1S/C6H7ClN2.C6H8N2O.C5H8O2.C3H6I2.C3H7I.C2H6O.CH4N2O/c1-4-3-5(2)9-6(7)8-4;1-4-3-5(2)8-6(9)7-4;1-4(6)3-5(2)7;1-2-3(4)5;1-2-3-4;1-2-3;2-1(3)4/h3H,1-2H3;3H,1-2H3,(H,7,8,9);3H2,1-2H3;3H,2H2,1H3;2-3H2,1H3;3H,2H2,1H3;(H4,2,3,4)/i2*1D3,2D3,3D;;;;3D;/hD5. The van der Waals surface area contributed by atoms with Gasteiger partial charge in [-0.15, -0.1) is 0 Å². The van der Waals surface area contributed by atoms with E-state index in [9.17, 15) is 14.4 Å². The molecule has 11 nitrogen and oxygen atoms in total. The monoisotopic (exact) mass is 958 g/mol. The maximum absolute atomic E-state index is 10.0. The maximum Gasteiger partial charge on any atom is 0.314 e. The van der Waals surface area contributed by atoms with Gasteiger partial charge in [0.1, 0.15) is 11.6 Å². The molecule has 2 aromatic rings. The van der Waals surface area contributed by atoms with Crippen molar-refractivity contribution in [3.8, 4) is 6.01 Å². The maximum atomic E-state index is 10.0. The molecule has 2 amide bonds. The Morgan fingerprint density at radius 3 is 1.51 bits per heavy atom. The van der Waals surface area contributed by atoms with Crippen LogP contribution >= 0.6 is 79.4 Å². The number of aromatic nitrogens is 4. The number of nitrogens with two attached hydrogens (primary N) is 2. The van der Waals surface area contributed by atoms with Crippen molar-refractivity contribution in [1.82, 2.24) is 19.9 Å². The molecule has 6 N–H and O–H groups in total. The highest BCUT2D eigenvalue weighted by Gasteiger charge is 1.95. The lowest BCUT2D eigenvalue weighted by Crippen LogP contribution is -2.18. The second kappa shape index (κ2) is 35.2. The van der Waals surface area contributed by atoms with Gasteiger partial charge < -0.3 is 21.7 Å². The minimum absolute atomic E-state index is 0.0625. The fraction of sp³-hybridized carbons (Fsp3) is 0.577. The molecule has 0 atom stereocenters. The average molecular weight is 959 g/mol. The van der Waals surface area contributed by atoms with E-state index in [0.29, 0.717) is 6.61 Å². The molecular weight excluding hydrogens is 892 g/mol. The first-order chi connectivity index (χ1) is 27.4. The summed E-state index contributed by atoms with van der Waals surface area (Å²) in [7, 11) is 0. The second-order valence-corrected chi connectivity index (χ2v) is 13.1. The minimum Gasteiger partial charge on any atom is -0.479 e. The number of urea groups is 1. The molecule has 15 heteroatoms. The number of aromatic hydroxyl groups is 1. The molecule has 0 radical (unpaired) electrons. The number of hydrogen-bond donors (Lipinski definition) is 4. The van der Waals surface area contributed by atoms with Crippen LogP contribution in [0.25, 0.3) is 0 Å². The van der Waals surface area contributed by atoms with E-state index >= 15 is 0 Å². The number of ketones is 2. The average Bonchev–Trinajstić information content (AvgIpc) is 3.10. The Bertz CT molecular complexity index is 1480. The van der Waals surface area contributed by atoms with Crippen LogP contribution in [0.15, 0.2) is 12.1 Å². The minimum atomic E-state index is -2.77. The Morgan fingerprint density at radius 2 is 1.34 bits per heavy atom. The zero-order chi connectivity index (χ0) is 49.9. The summed E-state index contributed by atoms with van der Waals surface area (Å²) in [6, 6.07) is -3.53. The van der Waals surface area contributed by atoms with Gasteiger partial charge in [0.15, 0.2) is 5.65 Å². The van der Waals surface area contributed by atoms with Crippen LogP contribution in [-0.4, -0.2) is 63.6 Å². The number of aryl methyl sites for hydroxylation is 4. The third-order valence-electron chi connectivity index (χ3n) is 2.29. The summed E-state index contributed by atoms with van der Waals surface area (Å²) in [4.78, 5) is 43.4. The van der Waals surface area contributed by atoms with Gasteiger partial charge in [0.25, 0.3) is 1.43 Å². The quantitative estimate of drug-likeness (QED) is 0.108. The summed E-state index contributed by atoms with van der Waals surface area (Å²) in [6.45, 7) is -1.50. The van der Waals surface area contributed by atoms with Gasteiger partial charge in [-0.25, -0.2) is 24.7 Å². The Kier molecular flexibility index (Phi) is 17.3. The number of nitrogens with zero attached hydrogens (tertiary/aromatic N) is 4. The smallest absolute Gasteiger partial charge is 0.314 e. The van der Waals surface area contributed by atoms with Crippen LogP contribution in [0, 0.1) is 27.4 Å². The van der Waals surface area contributed by atoms with Crippen molar-refractivity contribution in [1.29, 1.82) is 2.86 Å². The Labute approximate surface area is 319 Å². The molecule has 0 bridgehead atoms. The number of primary amides is 2. The summed E-state index contributed by atoms with van der Waals surface area (Å²) in [6.07, 6.45) is 2.67. The highest BCUT2D eigenvalue weighted by atomic mass is 127. The molecule has 0 aliphatic rings. The normalized spacial score (nSPS) is 16.5. The lowest BCUT2D eigenvalue weighted by Gasteiger charge is -1.93. The molecule has 2 rings (SSSR count). The predicted octanol–water partition coefficient (Wildman–Crippen LogP) is 6.55. The first kappa shape index (κ1) is 20.1. The highest BCUT2D eigenvalue weighted by Crippen LogP contribution is 2.11. The molecule has 0 aromatic carbocycles. The zero-order valence-corrected chi connectivity index (χ0v) is 30.1. The van der Waals surface area contributed by atoms with E-state index < -0.39 is 79.6 Å². The Hall–Kier alpha value is -0.990. The summed E-state index contributed by atoms with van der Waals surface area (Å²) < 4.78 is 139. The van der Waals surface area contributed by atoms with E-state index in [1.807, 2.05) is 0 Å². The fourth-order valence-corrected chi connectivity index (χ4v) is 1.28. The summed E-state index contributed by atoms with van der Waals surface area (Å²) >= 11 is 12.6. The molecule has 0 unspecified atom stereocenters. The third kappa shape index (κ3) is 59.3. The van der Waals surface area contributed by atoms with E-state index in [1.165, 1.54) is 31.1 Å². The van der Waals surface area contributed by atoms with Crippen LogP contribution in [0.3, 0.4) is 0 Å². The highest BCUT2D eigenvalue weighted by molar-refractivity contribution is 14.2. The lowest BCUT2D eigenvalue weighted by molar-refractivity contribution is -0.124. The number of carbonyl (C=O) groups is 3. The number of halogens is 4. The van der Waals surface area contributed by atoms with Crippen molar-refractivity contribution in [2.75, 3.05) is 11.0 Å². The van der Waals surface area contributed by atoms with Crippen molar-refractivity contribution in [3.05, 3.63) is 40.1 Å². The van der Waals surface area contributed by atoms with Crippen molar-refractivity contribution in [3.63, 3.8) is 0 Å². The van der Waals surface area contributed by atoms with E-state index in [-0.39, 0.29) is 29.4 Å². The van der Waals surface area contributed by atoms with E-state index in [4.69, 9.17) is 39.3 Å². The number of Topliss-reactive ketones (excluding diaryl/α,β-unsaturated/α-hetero) is 2. The van der Waals surface area contributed by atoms with Crippen LogP contribution in [-0.2, 0) is 9.59 Å². The summed E-state index contributed by atoms with van der Waals surface area (Å²) in [5, 5.41) is 7.18. The number of hydrogen-bond acceptors (Lipinski definition) is 9. The van der Waals surface area contributed by atoms with Crippen molar-refractivity contribution in [2.45, 2.75) is 83.2 Å². The fourth-order valence-electron chi connectivity index (χ4n) is 1.11. The summed E-state index contributed by atoms with van der Waals surface area (Å²) in [5.74, 6) is -0.125. The van der Waals surface area contributed by atoms with Crippen LogP contribution in [0.1, 0.15) is 95.8 Å². The van der Waals surface area contributed by atoms with E-state index in [1.54, 1.807) is 6.92 Å². The molecule has 0 saturated heterocycles. The van der Waals surface area contributed by atoms with Gasteiger partial charge >= 0.3 is 12.0 Å². The Morgan fingerprint density at radius 1 is 0.976 bits per heavy atom. The van der Waals surface area contributed by atoms with E-state index in [2.05, 4.69) is 112 Å². The van der Waals surface area contributed by atoms with Crippen LogP contribution < -0.4 is 11.4 Å². The van der Waals surface area contributed by atoms with Gasteiger partial charge in [-0.05, 0) is 89.1 Å². The molecule has 0 aliphatic carbocycles. The molecule has 0 fully saturated rings. The Balaban J connectivity index is -0.000000217. The van der Waals surface area contributed by atoms with Crippen molar-refractivity contribution < 1.29 is 49.4 Å². The van der Waals surface area contributed by atoms with Crippen molar-refractivity contribution >= 4 is 97.0 Å². The number of alkyl halides is 3. The second-order valence-electron chi connectivity index (χ2n) is 6.28. The molecular formula is C26H46ClI3N6O5. The number of aliphatic hydroxyl groups is 1. The number of rotatable bonds is 6. The van der Waals surface area contributed by atoms with Gasteiger partial charge in [-0.3, -0.25) is 9.59 Å². The number of carbonyl (C=O) groups excluding carboxylic acids is 3. The molecule has 238 valence electrons. The zero-order valence-electron chi connectivity index (χ0n) is 42.8. The van der Waals surface area contributed by atoms with Gasteiger partial charge in [0.2, 0.25) is 6.71 Å². The van der Waals surface area contributed by atoms with Gasteiger partial charge in [-0.1, -0.05) is 81.6 Å². The topological polar surface area (TPSA) is 195 Å². The first-order valence-electron chi connectivity index (χ1n) is 20.6. The molecule has 0 saturated carbocycles. The molecule has 2 heterocycles. The third-order valence-corrected chi connectivity index (χ3v) is 5.30. The summed E-state index contributed by atoms with van der Waals surface area (Å²) in [5.41, 5.74) is -3.50. The van der Waals surface area contributed by atoms with Gasteiger partial charge in [0, 0.05) is 45.8 Å². The van der Waals surface area contributed by atoms with E-state index in [0.717, 1.165) is 1.93 Å². The van der Waals surface area contributed by atoms with Crippen molar-refractivity contribution in [2.24, 2.45) is 11.4 Å². The molecule has 0 aliphatic heterocycles. The lowest BCUT2D eigenvalue weighted by atomic mass is 10.2. The number of amides is 2. The predicted molar refractivity (Wildman–Crippen MR) is 193 cm³/mol. The van der Waals surface area contributed by atoms with Crippen LogP contribution in [0.4, 0.5) is 4.79 Å². The first-order valence-corrected chi connectivity index (χ1v) is 15.4. The van der Waals surface area contributed by atoms with Crippen LogP contribution in [0.5, 0.6) is 6.01 Å². The largest absolute Gasteiger partial charge is 0.479 e.